The first kappa shape index (κ1) is 16.6. The van der Waals surface area contributed by atoms with Crippen LogP contribution in [0.4, 0.5) is 13.2 Å². The van der Waals surface area contributed by atoms with E-state index in [9.17, 15) is 13.2 Å². The van der Waals surface area contributed by atoms with E-state index in [1.807, 2.05) is 0 Å². The second kappa shape index (κ2) is 6.57. The van der Waals surface area contributed by atoms with E-state index in [0.29, 0.717) is 18.5 Å². The Balaban J connectivity index is 2.00. The molecule has 0 atom stereocenters. The van der Waals surface area contributed by atoms with Gasteiger partial charge in [0.2, 0.25) is 0 Å². The lowest BCUT2D eigenvalue weighted by Gasteiger charge is -2.38. The number of piperidine rings is 1. The first-order chi connectivity index (χ1) is 10.3. The van der Waals surface area contributed by atoms with Crippen molar-refractivity contribution < 1.29 is 17.9 Å². The van der Waals surface area contributed by atoms with E-state index in [4.69, 9.17) is 5.26 Å². The molecule has 3 nitrogen and oxygen atoms in total. The minimum absolute atomic E-state index is 0.0211. The Morgan fingerprint density at radius 3 is 2.50 bits per heavy atom. The third kappa shape index (κ3) is 4.63. The molecule has 0 spiro atoms. The number of alkyl halides is 3. The summed E-state index contributed by atoms with van der Waals surface area (Å²) in [4.78, 5) is 2.11. The van der Waals surface area contributed by atoms with Crippen molar-refractivity contribution in [3.8, 4) is 11.8 Å². The van der Waals surface area contributed by atoms with Gasteiger partial charge in [0.05, 0.1) is 6.07 Å². The second-order valence-corrected chi connectivity index (χ2v) is 6.08. The molecule has 0 amide bonds. The summed E-state index contributed by atoms with van der Waals surface area (Å²) >= 11 is 0. The Labute approximate surface area is 128 Å². The maximum atomic E-state index is 12.4. The van der Waals surface area contributed by atoms with Crippen LogP contribution in [0.25, 0.3) is 0 Å². The van der Waals surface area contributed by atoms with Crippen molar-refractivity contribution in [3.05, 3.63) is 29.8 Å². The van der Waals surface area contributed by atoms with Gasteiger partial charge in [0.15, 0.2) is 0 Å². The molecule has 1 aromatic rings. The smallest absolute Gasteiger partial charge is 0.405 e. The molecule has 0 unspecified atom stereocenters. The topological polar surface area (TPSA) is 36.3 Å². The van der Waals surface area contributed by atoms with Crippen LogP contribution in [0.1, 0.15) is 31.7 Å². The molecular formula is C16H19F3N2O. The highest BCUT2D eigenvalue weighted by Crippen LogP contribution is 2.35. The van der Waals surface area contributed by atoms with Crippen LogP contribution in [-0.2, 0) is 6.54 Å². The van der Waals surface area contributed by atoms with Crippen LogP contribution in [0.2, 0.25) is 0 Å². The average molecular weight is 312 g/mol. The highest BCUT2D eigenvalue weighted by molar-refractivity contribution is 5.33. The summed E-state index contributed by atoms with van der Waals surface area (Å²) in [5, 5.41) is 8.84. The lowest BCUT2D eigenvalue weighted by molar-refractivity contribution is -0.275. The first-order valence-electron chi connectivity index (χ1n) is 7.24. The Morgan fingerprint density at radius 2 is 1.91 bits per heavy atom. The standard InChI is InChI=1S/C16H19F3N2O/c1-15(6-9-20)7-10-21(11-8-15)12-13-4-2-3-5-14(13)22-16(17,18)19/h2-5H,6-8,10-12H2,1H3. The van der Waals surface area contributed by atoms with Crippen molar-refractivity contribution >= 4 is 0 Å². The fourth-order valence-electron chi connectivity index (χ4n) is 2.72. The second-order valence-electron chi connectivity index (χ2n) is 6.08. The van der Waals surface area contributed by atoms with Crippen LogP contribution in [0, 0.1) is 16.7 Å². The van der Waals surface area contributed by atoms with Crippen LogP contribution in [0.15, 0.2) is 24.3 Å². The summed E-state index contributed by atoms with van der Waals surface area (Å²) in [6.07, 6.45) is -2.40. The molecule has 1 fully saturated rings. The number of nitriles is 1. The van der Waals surface area contributed by atoms with Crippen molar-refractivity contribution in [1.29, 1.82) is 5.26 Å². The van der Waals surface area contributed by atoms with Gasteiger partial charge in [-0.05, 0) is 37.4 Å². The molecule has 0 bridgehead atoms. The van der Waals surface area contributed by atoms with E-state index < -0.39 is 6.36 Å². The molecule has 1 heterocycles. The van der Waals surface area contributed by atoms with Gasteiger partial charge in [-0.1, -0.05) is 25.1 Å². The van der Waals surface area contributed by atoms with E-state index >= 15 is 0 Å². The zero-order valence-corrected chi connectivity index (χ0v) is 12.5. The van der Waals surface area contributed by atoms with Gasteiger partial charge in [0.25, 0.3) is 0 Å². The normalized spacial score (nSPS) is 18.7. The van der Waals surface area contributed by atoms with Crippen molar-refractivity contribution in [1.82, 2.24) is 4.90 Å². The molecule has 2 rings (SSSR count). The molecule has 22 heavy (non-hydrogen) atoms. The van der Waals surface area contributed by atoms with E-state index in [1.54, 1.807) is 12.1 Å². The number of para-hydroxylation sites is 1. The predicted octanol–water partition coefficient (Wildman–Crippen LogP) is 4.10. The summed E-state index contributed by atoms with van der Waals surface area (Å²) in [6, 6.07) is 8.45. The largest absolute Gasteiger partial charge is 0.573 e. The zero-order valence-electron chi connectivity index (χ0n) is 12.5. The first-order valence-corrected chi connectivity index (χ1v) is 7.24. The molecular weight excluding hydrogens is 293 g/mol. The monoisotopic (exact) mass is 312 g/mol. The zero-order chi connectivity index (χ0) is 16.2. The number of ether oxygens (including phenoxy) is 1. The molecule has 6 heteroatoms. The molecule has 0 aromatic heterocycles. The third-order valence-corrected chi connectivity index (χ3v) is 4.16. The summed E-state index contributed by atoms with van der Waals surface area (Å²) < 4.78 is 41.3. The number of likely N-dealkylation sites (tertiary alicyclic amines) is 1. The minimum atomic E-state index is -4.68. The molecule has 0 N–H and O–H groups in total. The Hall–Kier alpha value is -1.74. The number of halogens is 3. The summed E-state index contributed by atoms with van der Waals surface area (Å²) in [6.45, 7) is 4.07. The Kier molecular flexibility index (Phi) is 4.97. The molecule has 1 aliphatic rings. The average Bonchev–Trinajstić information content (AvgIpc) is 2.42. The van der Waals surface area contributed by atoms with Crippen LogP contribution < -0.4 is 4.74 Å². The van der Waals surface area contributed by atoms with Crippen molar-refractivity contribution in [3.63, 3.8) is 0 Å². The van der Waals surface area contributed by atoms with Gasteiger partial charge in [0.1, 0.15) is 5.75 Å². The fraction of sp³-hybridized carbons (Fsp3) is 0.562. The van der Waals surface area contributed by atoms with E-state index in [0.717, 1.165) is 25.9 Å². The van der Waals surface area contributed by atoms with Crippen LogP contribution in [0.3, 0.4) is 0 Å². The predicted molar refractivity (Wildman–Crippen MR) is 76.0 cm³/mol. The lowest BCUT2D eigenvalue weighted by Crippen LogP contribution is -2.38. The molecule has 0 radical (unpaired) electrons. The van der Waals surface area contributed by atoms with E-state index in [1.165, 1.54) is 12.1 Å². The SMILES string of the molecule is CC1(CC#N)CCN(Cc2ccccc2OC(F)(F)F)CC1. The molecule has 0 saturated carbocycles. The summed E-state index contributed by atoms with van der Waals surface area (Å²) in [7, 11) is 0. The van der Waals surface area contributed by atoms with Crippen LogP contribution >= 0.6 is 0 Å². The van der Waals surface area contributed by atoms with Crippen molar-refractivity contribution in [2.75, 3.05) is 13.1 Å². The maximum Gasteiger partial charge on any atom is 0.573 e. The number of hydrogen-bond acceptors (Lipinski definition) is 3. The maximum absolute atomic E-state index is 12.4. The van der Waals surface area contributed by atoms with Gasteiger partial charge in [-0.3, -0.25) is 4.90 Å². The third-order valence-electron chi connectivity index (χ3n) is 4.16. The van der Waals surface area contributed by atoms with Gasteiger partial charge in [-0.15, -0.1) is 13.2 Å². The highest BCUT2D eigenvalue weighted by atomic mass is 19.4. The molecule has 1 aromatic carbocycles. The Morgan fingerprint density at radius 1 is 1.27 bits per heavy atom. The van der Waals surface area contributed by atoms with Crippen molar-refractivity contribution in [2.45, 2.75) is 39.1 Å². The molecule has 1 aliphatic heterocycles. The fourth-order valence-corrected chi connectivity index (χ4v) is 2.72. The van der Waals surface area contributed by atoms with Gasteiger partial charge in [-0.25, -0.2) is 0 Å². The Bertz CT molecular complexity index is 543. The molecule has 0 aliphatic carbocycles. The number of nitrogens with zero attached hydrogens (tertiary/aromatic N) is 2. The lowest BCUT2D eigenvalue weighted by atomic mass is 9.78. The van der Waals surface area contributed by atoms with Crippen LogP contribution in [-0.4, -0.2) is 24.4 Å². The molecule has 1 saturated heterocycles. The van der Waals surface area contributed by atoms with E-state index in [2.05, 4.69) is 22.6 Å². The van der Waals surface area contributed by atoms with Gasteiger partial charge < -0.3 is 4.74 Å². The number of hydrogen-bond donors (Lipinski definition) is 0. The van der Waals surface area contributed by atoms with Crippen LogP contribution in [0.5, 0.6) is 5.75 Å². The van der Waals surface area contributed by atoms with Crippen molar-refractivity contribution in [2.24, 2.45) is 5.41 Å². The van der Waals surface area contributed by atoms with Gasteiger partial charge in [0, 0.05) is 18.5 Å². The number of benzene rings is 1. The quantitative estimate of drug-likeness (QED) is 0.840. The highest BCUT2D eigenvalue weighted by Gasteiger charge is 2.33. The summed E-state index contributed by atoms with van der Waals surface area (Å²) in [5.74, 6) is -0.139. The number of rotatable bonds is 4. The molecule has 120 valence electrons. The summed E-state index contributed by atoms with van der Waals surface area (Å²) in [5.41, 5.74) is 0.552. The van der Waals surface area contributed by atoms with Gasteiger partial charge >= 0.3 is 6.36 Å². The van der Waals surface area contributed by atoms with Gasteiger partial charge in [-0.2, -0.15) is 5.26 Å². The van der Waals surface area contributed by atoms with E-state index in [-0.39, 0.29) is 11.2 Å². The minimum Gasteiger partial charge on any atom is -0.405 e.